The van der Waals surface area contributed by atoms with Crippen LogP contribution in [0.15, 0.2) is 47.9 Å². The Labute approximate surface area is 169 Å². The molecule has 0 aliphatic carbocycles. The lowest BCUT2D eigenvalue weighted by atomic mass is 10.2. The minimum atomic E-state index is -0.960. The molecule has 2 aromatic heterocycles. The Morgan fingerprint density at radius 1 is 1.28 bits per heavy atom. The topological polar surface area (TPSA) is 116 Å². The van der Waals surface area contributed by atoms with E-state index in [2.05, 4.69) is 20.5 Å². The maximum Gasteiger partial charge on any atom is 0.306 e. The van der Waals surface area contributed by atoms with Crippen molar-refractivity contribution in [3.63, 3.8) is 0 Å². The Balaban J connectivity index is 1.70. The number of rotatable bonds is 8. The number of benzene rings is 1. The molecule has 11 heteroatoms. The third-order valence-corrected chi connectivity index (χ3v) is 4.83. The maximum atomic E-state index is 13.4. The second kappa shape index (κ2) is 9.24. The van der Waals surface area contributed by atoms with Gasteiger partial charge in [0.2, 0.25) is 11.7 Å². The molecule has 2 heterocycles. The molecule has 0 bridgehead atoms. The molecule has 1 amide bonds. The number of carbonyl (C=O) groups is 1. The lowest BCUT2D eigenvalue weighted by Gasteiger charge is -2.09. The number of carbonyl (C=O) groups excluding carboxylic acids is 1. The molecule has 3 aromatic rings. The Kier molecular flexibility index (Phi) is 6.50. The van der Waals surface area contributed by atoms with Crippen LogP contribution >= 0.6 is 11.8 Å². The van der Waals surface area contributed by atoms with Gasteiger partial charge in [-0.1, -0.05) is 18.7 Å². The molecule has 0 fully saturated rings. The fourth-order valence-corrected chi connectivity index (χ4v) is 3.36. The van der Waals surface area contributed by atoms with Gasteiger partial charge in [-0.25, -0.2) is 0 Å². The third-order valence-electron chi connectivity index (χ3n) is 3.86. The number of nitrogens with zero attached hydrogens (tertiary/aromatic N) is 5. The maximum absolute atomic E-state index is 13.4. The number of hydrogen-bond donors (Lipinski definition) is 1. The summed E-state index contributed by atoms with van der Waals surface area (Å²) >= 11 is 1.20. The van der Waals surface area contributed by atoms with Crippen LogP contribution in [0.3, 0.4) is 0 Å². The SMILES string of the molecule is CCCn1c(SCC(=O)Nc2ccc(F)c([N+](=O)[O-])c2)nnc1-c1ccncc1. The molecule has 0 aliphatic heterocycles. The summed E-state index contributed by atoms with van der Waals surface area (Å²) in [5.41, 5.74) is 0.326. The van der Waals surface area contributed by atoms with E-state index >= 15 is 0 Å². The number of amides is 1. The van der Waals surface area contributed by atoms with Crippen LogP contribution in [0.2, 0.25) is 0 Å². The van der Waals surface area contributed by atoms with Crippen molar-refractivity contribution in [2.75, 3.05) is 11.1 Å². The van der Waals surface area contributed by atoms with Gasteiger partial charge in [-0.2, -0.15) is 4.39 Å². The van der Waals surface area contributed by atoms with E-state index in [1.54, 1.807) is 12.4 Å². The van der Waals surface area contributed by atoms with Crippen LogP contribution < -0.4 is 5.32 Å². The van der Waals surface area contributed by atoms with E-state index in [4.69, 9.17) is 0 Å². The van der Waals surface area contributed by atoms with Gasteiger partial charge >= 0.3 is 5.69 Å². The second-order valence-corrected chi connectivity index (χ2v) is 6.90. The van der Waals surface area contributed by atoms with Crippen LogP contribution in [0, 0.1) is 15.9 Å². The van der Waals surface area contributed by atoms with E-state index in [1.165, 1.54) is 17.8 Å². The summed E-state index contributed by atoms with van der Waals surface area (Å²) in [6, 6.07) is 6.86. The van der Waals surface area contributed by atoms with Crippen LogP contribution in [0.25, 0.3) is 11.4 Å². The van der Waals surface area contributed by atoms with Gasteiger partial charge in [-0.3, -0.25) is 19.9 Å². The van der Waals surface area contributed by atoms with E-state index in [1.807, 2.05) is 23.6 Å². The van der Waals surface area contributed by atoms with Crippen LogP contribution in [0.4, 0.5) is 15.8 Å². The van der Waals surface area contributed by atoms with Gasteiger partial charge in [0.25, 0.3) is 0 Å². The van der Waals surface area contributed by atoms with Gasteiger partial charge in [0.15, 0.2) is 11.0 Å². The molecule has 1 N–H and O–H groups in total. The van der Waals surface area contributed by atoms with Gasteiger partial charge in [0.1, 0.15) is 0 Å². The van der Waals surface area contributed by atoms with E-state index < -0.39 is 22.3 Å². The van der Waals surface area contributed by atoms with Crippen molar-refractivity contribution in [1.29, 1.82) is 0 Å². The number of anilines is 1. The highest BCUT2D eigenvalue weighted by Gasteiger charge is 2.17. The smallest absolute Gasteiger partial charge is 0.306 e. The minimum absolute atomic E-state index is 0.0172. The van der Waals surface area contributed by atoms with Gasteiger partial charge in [0, 0.05) is 36.3 Å². The summed E-state index contributed by atoms with van der Waals surface area (Å²) in [5, 5.41) is 22.3. The summed E-state index contributed by atoms with van der Waals surface area (Å²) in [7, 11) is 0. The Bertz CT molecular complexity index is 1030. The first kappa shape index (κ1) is 20.4. The number of halogens is 1. The molecule has 0 atom stereocenters. The first-order valence-electron chi connectivity index (χ1n) is 8.69. The Morgan fingerprint density at radius 2 is 2.03 bits per heavy atom. The van der Waals surface area contributed by atoms with Crippen LogP contribution in [0.1, 0.15) is 13.3 Å². The summed E-state index contributed by atoms with van der Waals surface area (Å²) in [6.07, 6.45) is 4.19. The molecular formula is C18H17FN6O3S. The summed E-state index contributed by atoms with van der Waals surface area (Å²) in [6.45, 7) is 2.71. The largest absolute Gasteiger partial charge is 0.325 e. The lowest BCUT2D eigenvalue weighted by molar-refractivity contribution is -0.387. The standard InChI is InChI=1S/C18H17FN6O3S/c1-2-9-24-17(12-5-7-20-8-6-12)22-23-18(24)29-11-16(26)21-13-3-4-14(19)15(10-13)25(27)28/h3-8,10H,2,9,11H2,1H3,(H,21,26). The van der Waals surface area contributed by atoms with E-state index in [-0.39, 0.29) is 11.4 Å². The molecule has 1 aromatic carbocycles. The molecule has 3 rings (SSSR count). The highest BCUT2D eigenvalue weighted by molar-refractivity contribution is 7.99. The number of nitro benzene ring substituents is 1. The van der Waals surface area contributed by atoms with Crippen LogP contribution in [0.5, 0.6) is 0 Å². The fourth-order valence-electron chi connectivity index (χ4n) is 2.59. The number of aromatic nitrogens is 4. The number of hydrogen-bond acceptors (Lipinski definition) is 7. The molecule has 0 unspecified atom stereocenters. The molecule has 0 saturated carbocycles. The van der Waals surface area contributed by atoms with Gasteiger partial charge in [0.05, 0.1) is 10.7 Å². The van der Waals surface area contributed by atoms with Crippen molar-refractivity contribution >= 4 is 29.0 Å². The molecular weight excluding hydrogens is 399 g/mol. The third kappa shape index (κ3) is 4.93. The van der Waals surface area contributed by atoms with Crippen LogP contribution in [-0.4, -0.2) is 36.3 Å². The van der Waals surface area contributed by atoms with E-state index in [0.29, 0.717) is 17.5 Å². The van der Waals surface area contributed by atoms with Crippen molar-refractivity contribution < 1.29 is 14.1 Å². The van der Waals surface area contributed by atoms with E-state index in [9.17, 15) is 19.3 Å². The van der Waals surface area contributed by atoms with Gasteiger partial charge in [-0.15, -0.1) is 10.2 Å². The Morgan fingerprint density at radius 3 is 2.72 bits per heavy atom. The zero-order valence-corrected chi connectivity index (χ0v) is 16.2. The zero-order chi connectivity index (χ0) is 20.8. The summed E-state index contributed by atoms with van der Waals surface area (Å²) < 4.78 is 15.3. The number of thioether (sulfide) groups is 1. The average molecular weight is 416 g/mol. The molecule has 0 spiro atoms. The van der Waals surface area contributed by atoms with E-state index in [0.717, 1.165) is 24.1 Å². The summed E-state index contributed by atoms with van der Waals surface area (Å²) in [5.74, 6) is -0.652. The van der Waals surface area contributed by atoms with Crippen molar-refractivity contribution in [3.8, 4) is 11.4 Å². The van der Waals surface area contributed by atoms with Crippen molar-refractivity contribution in [2.24, 2.45) is 0 Å². The predicted molar refractivity (Wildman–Crippen MR) is 106 cm³/mol. The molecule has 9 nitrogen and oxygen atoms in total. The predicted octanol–water partition coefficient (Wildman–Crippen LogP) is 3.53. The lowest BCUT2D eigenvalue weighted by Crippen LogP contribution is -2.15. The first-order valence-corrected chi connectivity index (χ1v) is 9.68. The molecule has 0 radical (unpaired) electrons. The first-order chi connectivity index (χ1) is 14.0. The fraction of sp³-hybridized carbons (Fsp3) is 0.222. The monoisotopic (exact) mass is 416 g/mol. The normalized spacial score (nSPS) is 10.7. The average Bonchev–Trinajstić information content (AvgIpc) is 3.11. The molecule has 150 valence electrons. The number of pyridine rings is 1. The van der Waals surface area contributed by atoms with Crippen LogP contribution in [-0.2, 0) is 11.3 Å². The Hall–Kier alpha value is -3.34. The number of nitro groups is 1. The highest BCUT2D eigenvalue weighted by Crippen LogP contribution is 2.25. The minimum Gasteiger partial charge on any atom is -0.325 e. The van der Waals surface area contributed by atoms with Gasteiger partial charge < -0.3 is 9.88 Å². The molecule has 29 heavy (non-hydrogen) atoms. The number of nitrogens with one attached hydrogen (secondary N) is 1. The summed E-state index contributed by atoms with van der Waals surface area (Å²) in [4.78, 5) is 26.2. The molecule has 0 saturated heterocycles. The van der Waals surface area contributed by atoms with Crippen molar-refractivity contribution in [1.82, 2.24) is 19.7 Å². The quantitative estimate of drug-likeness (QED) is 0.339. The highest BCUT2D eigenvalue weighted by atomic mass is 32.2. The second-order valence-electron chi connectivity index (χ2n) is 5.95. The zero-order valence-electron chi connectivity index (χ0n) is 15.4. The van der Waals surface area contributed by atoms with Crippen molar-refractivity contribution in [2.45, 2.75) is 25.0 Å². The van der Waals surface area contributed by atoms with Crippen molar-refractivity contribution in [3.05, 3.63) is 58.7 Å². The molecule has 0 aliphatic rings. The van der Waals surface area contributed by atoms with Gasteiger partial charge in [-0.05, 0) is 30.7 Å².